The van der Waals surface area contributed by atoms with Gasteiger partial charge in [0.2, 0.25) is 0 Å². The van der Waals surface area contributed by atoms with Gasteiger partial charge in [-0.1, -0.05) is 56.1 Å². The Balaban J connectivity index is 2.61. The van der Waals surface area contributed by atoms with Gasteiger partial charge >= 0.3 is 0 Å². The van der Waals surface area contributed by atoms with Crippen LogP contribution >= 0.6 is 11.6 Å². The lowest BCUT2D eigenvalue weighted by Gasteiger charge is -2.26. The van der Waals surface area contributed by atoms with Crippen molar-refractivity contribution < 1.29 is 13.9 Å². The van der Waals surface area contributed by atoms with Gasteiger partial charge < -0.3 is 10.1 Å². The van der Waals surface area contributed by atoms with Crippen LogP contribution in [0.5, 0.6) is 5.75 Å². The van der Waals surface area contributed by atoms with Crippen LogP contribution in [0.2, 0.25) is 5.02 Å². The first-order chi connectivity index (χ1) is 13.5. The molecule has 0 aliphatic carbocycles. The van der Waals surface area contributed by atoms with Gasteiger partial charge in [-0.3, -0.25) is 4.79 Å². The Morgan fingerprint density at radius 2 is 1.83 bits per heavy atom. The lowest BCUT2D eigenvalue weighted by atomic mass is 9.85. The maximum atomic E-state index is 14.4. The zero-order chi connectivity index (χ0) is 21.9. The summed E-state index contributed by atoms with van der Waals surface area (Å²) in [6.07, 6.45) is 0. The predicted octanol–water partition coefficient (Wildman–Crippen LogP) is 5.82. The van der Waals surface area contributed by atoms with Gasteiger partial charge in [0, 0.05) is 11.1 Å². The number of rotatable bonds is 4. The number of benzene rings is 2. The maximum absolute atomic E-state index is 14.4. The van der Waals surface area contributed by atoms with Gasteiger partial charge in [0.15, 0.2) is 0 Å². The second-order valence-electron chi connectivity index (χ2n) is 7.85. The second kappa shape index (κ2) is 8.67. The third-order valence-corrected chi connectivity index (χ3v) is 4.78. The molecule has 152 valence electrons. The summed E-state index contributed by atoms with van der Waals surface area (Å²) in [5, 5.41) is 12.7. The molecule has 2 rings (SSSR count). The molecule has 0 fully saturated rings. The van der Waals surface area contributed by atoms with Crippen LogP contribution in [0.1, 0.15) is 47.8 Å². The van der Waals surface area contributed by atoms with E-state index in [4.69, 9.17) is 16.3 Å². The number of carbonyl (C=O) groups is 1. The number of nitriles is 1. The summed E-state index contributed by atoms with van der Waals surface area (Å²) in [4.78, 5) is 12.9. The monoisotopic (exact) mass is 414 g/mol. The Hall–Kier alpha value is -2.84. The Kier molecular flexibility index (Phi) is 6.71. The quantitative estimate of drug-likeness (QED) is 0.641. The molecular weight excluding hydrogens is 391 g/mol. The number of halogens is 2. The van der Waals surface area contributed by atoms with Gasteiger partial charge in [-0.25, -0.2) is 4.39 Å². The summed E-state index contributed by atoms with van der Waals surface area (Å²) in [5.74, 6) is -1.26. The van der Waals surface area contributed by atoms with E-state index >= 15 is 0 Å². The molecule has 0 saturated heterocycles. The van der Waals surface area contributed by atoms with E-state index in [1.165, 1.54) is 13.2 Å². The van der Waals surface area contributed by atoms with Gasteiger partial charge in [0.25, 0.3) is 5.91 Å². The number of nitrogens with zero attached hydrogens (tertiary/aromatic N) is 1. The number of hydrogen-bond donors (Lipinski definition) is 1. The van der Waals surface area contributed by atoms with E-state index in [1.54, 1.807) is 0 Å². The van der Waals surface area contributed by atoms with E-state index in [1.807, 2.05) is 52.8 Å². The van der Waals surface area contributed by atoms with Gasteiger partial charge in [0.1, 0.15) is 17.6 Å². The molecule has 0 atom stereocenters. The average molecular weight is 415 g/mol. The third-order valence-electron chi connectivity index (χ3n) is 4.49. The van der Waals surface area contributed by atoms with E-state index in [9.17, 15) is 14.4 Å². The molecule has 0 heterocycles. The number of aryl methyl sites for hydroxylation is 2. The van der Waals surface area contributed by atoms with E-state index in [-0.39, 0.29) is 16.3 Å². The smallest absolute Gasteiger partial charge is 0.258 e. The number of carbonyl (C=O) groups excluding carboxylic acids is 1. The summed E-state index contributed by atoms with van der Waals surface area (Å²) >= 11 is 5.92. The molecule has 0 aliphatic heterocycles. The first-order valence-electron chi connectivity index (χ1n) is 9.06. The van der Waals surface area contributed by atoms with Gasteiger partial charge in [-0.2, -0.15) is 5.26 Å². The SMILES string of the molecule is COc1cc(C(=O)NC(=C(C#N)c2ccc(C)cc2C)C(C)(C)C)c(F)cc1Cl. The summed E-state index contributed by atoms with van der Waals surface area (Å²) in [6, 6.07) is 10.2. The lowest BCUT2D eigenvalue weighted by Crippen LogP contribution is -2.32. The van der Waals surface area contributed by atoms with Crippen LogP contribution in [0.3, 0.4) is 0 Å². The van der Waals surface area contributed by atoms with Gasteiger partial charge in [0.05, 0.1) is 23.3 Å². The second-order valence-corrected chi connectivity index (χ2v) is 8.26. The zero-order valence-corrected chi connectivity index (χ0v) is 18.2. The number of ether oxygens (including phenoxy) is 1. The van der Waals surface area contributed by atoms with Crippen molar-refractivity contribution in [2.75, 3.05) is 7.11 Å². The number of nitrogens with one attached hydrogen (secondary N) is 1. The maximum Gasteiger partial charge on any atom is 0.258 e. The topological polar surface area (TPSA) is 62.1 Å². The molecule has 6 heteroatoms. The largest absolute Gasteiger partial charge is 0.495 e. The molecule has 1 amide bonds. The predicted molar refractivity (Wildman–Crippen MR) is 113 cm³/mol. The van der Waals surface area contributed by atoms with Crippen LogP contribution in [-0.4, -0.2) is 13.0 Å². The van der Waals surface area contributed by atoms with Crippen molar-refractivity contribution in [2.45, 2.75) is 34.6 Å². The Morgan fingerprint density at radius 3 is 2.34 bits per heavy atom. The third kappa shape index (κ3) is 4.96. The van der Waals surface area contributed by atoms with Crippen LogP contribution in [-0.2, 0) is 0 Å². The molecule has 1 N–H and O–H groups in total. The first kappa shape index (κ1) is 22.4. The molecule has 0 unspecified atom stereocenters. The van der Waals surface area contributed by atoms with Crippen molar-refractivity contribution in [1.82, 2.24) is 5.32 Å². The van der Waals surface area contributed by atoms with E-state index < -0.39 is 17.1 Å². The Labute approximate surface area is 175 Å². The molecule has 2 aromatic carbocycles. The molecule has 2 aromatic rings. The first-order valence-corrected chi connectivity index (χ1v) is 9.44. The Morgan fingerprint density at radius 1 is 1.17 bits per heavy atom. The van der Waals surface area contributed by atoms with Crippen molar-refractivity contribution >= 4 is 23.1 Å². The highest BCUT2D eigenvalue weighted by molar-refractivity contribution is 6.32. The highest BCUT2D eigenvalue weighted by Gasteiger charge is 2.27. The number of amides is 1. The fourth-order valence-electron chi connectivity index (χ4n) is 3.01. The molecule has 0 saturated carbocycles. The molecule has 0 spiro atoms. The highest BCUT2D eigenvalue weighted by atomic mass is 35.5. The minimum Gasteiger partial charge on any atom is -0.495 e. The molecule has 0 bridgehead atoms. The Bertz CT molecular complexity index is 1030. The minimum atomic E-state index is -0.772. The number of methoxy groups -OCH3 is 1. The summed E-state index contributed by atoms with van der Waals surface area (Å²) in [7, 11) is 1.38. The van der Waals surface area contributed by atoms with E-state index in [0.717, 1.165) is 22.8 Å². The average Bonchev–Trinajstić information content (AvgIpc) is 2.62. The number of allylic oxidation sites excluding steroid dienone is 2. The van der Waals surface area contributed by atoms with Crippen LogP contribution in [0.15, 0.2) is 36.0 Å². The molecule has 0 radical (unpaired) electrons. The molecule has 0 aromatic heterocycles. The molecular formula is C23H24ClFN2O2. The van der Waals surface area contributed by atoms with Crippen molar-refractivity contribution in [3.8, 4) is 11.8 Å². The lowest BCUT2D eigenvalue weighted by molar-refractivity contribution is 0.0953. The fourth-order valence-corrected chi connectivity index (χ4v) is 3.24. The van der Waals surface area contributed by atoms with Crippen LogP contribution < -0.4 is 10.1 Å². The zero-order valence-electron chi connectivity index (χ0n) is 17.4. The molecule has 4 nitrogen and oxygen atoms in total. The standard InChI is InChI=1S/C23H24ClFN2O2/c1-13-7-8-15(14(2)9-13)17(12-26)21(23(3,4)5)27-22(28)16-10-20(29-6)18(24)11-19(16)25/h7-11H,1-6H3,(H,27,28). The summed E-state index contributed by atoms with van der Waals surface area (Å²) in [6.45, 7) is 9.51. The number of hydrogen-bond acceptors (Lipinski definition) is 3. The van der Waals surface area contributed by atoms with Gasteiger partial charge in [-0.15, -0.1) is 0 Å². The summed E-state index contributed by atoms with van der Waals surface area (Å²) < 4.78 is 19.5. The fraction of sp³-hybridized carbons (Fsp3) is 0.304. The molecule has 29 heavy (non-hydrogen) atoms. The van der Waals surface area contributed by atoms with Crippen molar-refractivity contribution in [1.29, 1.82) is 5.26 Å². The van der Waals surface area contributed by atoms with Crippen LogP contribution in [0.4, 0.5) is 4.39 Å². The van der Waals surface area contributed by atoms with E-state index in [2.05, 4.69) is 11.4 Å². The van der Waals surface area contributed by atoms with Crippen molar-refractivity contribution in [2.24, 2.45) is 5.41 Å². The highest BCUT2D eigenvalue weighted by Crippen LogP contribution is 2.33. The van der Waals surface area contributed by atoms with Crippen LogP contribution in [0, 0.1) is 36.4 Å². The van der Waals surface area contributed by atoms with Crippen molar-refractivity contribution in [3.05, 3.63) is 69.1 Å². The normalized spacial score (nSPS) is 12.1. The summed E-state index contributed by atoms with van der Waals surface area (Å²) in [5.41, 5.74) is 2.65. The van der Waals surface area contributed by atoms with Gasteiger partial charge in [-0.05, 0) is 37.1 Å². The van der Waals surface area contributed by atoms with E-state index in [0.29, 0.717) is 11.3 Å². The molecule has 0 aliphatic rings. The van der Waals surface area contributed by atoms with Crippen molar-refractivity contribution in [3.63, 3.8) is 0 Å². The van der Waals surface area contributed by atoms with Crippen LogP contribution in [0.25, 0.3) is 5.57 Å². The minimum absolute atomic E-state index is 0.0705.